The van der Waals surface area contributed by atoms with E-state index in [-0.39, 0.29) is 5.97 Å². The van der Waals surface area contributed by atoms with E-state index in [1.165, 1.54) is 0 Å². The maximum Gasteiger partial charge on any atom is 0.307 e. The van der Waals surface area contributed by atoms with Crippen LogP contribution in [0.4, 0.5) is 0 Å². The minimum atomic E-state index is -0.164. The lowest BCUT2D eigenvalue weighted by Crippen LogP contribution is -2.10. The highest BCUT2D eigenvalue weighted by Gasteiger charge is 1.97. The van der Waals surface area contributed by atoms with Gasteiger partial charge in [-0.3, -0.25) is 4.79 Å². The minimum Gasteiger partial charge on any atom is -0.466 e. The molecule has 3 nitrogen and oxygen atoms in total. The van der Waals surface area contributed by atoms with Crippen molar-refractivity contribution in [3.05, 3.63) is 0 Å². The molecule has 0 saturated heterocycles. The third-order valence-corrected chi connectivity index (χ3v) is 0.845. The molecule has 0 aliphatic carbocycles. The predicted octanol–water partition coefficient (Wildman–Crippen LogP) is 0.174. The summed E-state index contributed by atoms with van der Waals surface area (Å²) in [6.07, 6.45) is 0.407. The quantitative estimate of drug-likeness (QED) is 0.509. The molecule has 0 aromatic carbocycles. The van der Waals surface area contributed by atoms with Gasteiger partial charge in [0.2, 0.25) is 0 Å². The number of ether oxygens (including phenoxy) is 1. The van der Waals surface area contributed by atoms with Crippen LogP contribution in [0.1, 0.15) is 13.3 Å². The van der Waals surface area contributed by atoms with Crippen LogP contribution in [-0.2, 0) is 9.53 Å². The molecule has 0 aromatic heterocycles. The van der Waals surface area contributed by atoms with Crippen LogP contribution in [0.3, 0.4) is 0 Å². The molecule has 0 N–H and O–H groups in total. The summed E-state index contributed by atoms with van der Waals surface area (Å²) in [7, 11) is 1.68. The molecule has 0 aliphatic rings. The van der Waals surface area contributed by atoms with Gasteiger partial charge in [-0.1, -0.05) is 0 Å². The maximum atomic E-state index is 10.5. The molecule has 0 saturated carbocycles. The SMILES string of the molecule is CCOC(=O)CC[N]C. The summed E-state index contributed by atoms with van der Waals surface area (Å²) in [5, 5.41) is 3.76. The molecule has 3 heteroatoms. The first-order valence-electron chi connectivity index (χ1n) is 3.02. The maximum absolute atomic E-state index is 10.5. The fraction of sp³-hybridized carbons (Fsp3) is 0.833. The number of rotatable bonds is 4. The molecule has 9 heavy (non-hydrogen) atoms. The first-order valence-corrected chi connectivity index (χ1v) is 3.02. The molecule has 0 fully saturated rings. The fourth-order valence-corrected chi connectivity index (χ4v) is 0.436. The molecule has 0 rings (SSSR count). The number of carbonyl (C=O) groups excluding carboxylic acids is 1. The van der Waals surface area contributed by atoms with Crippen LogP contribution in [0.5, 0.6) is 0 Å². The van der Waals surface area contributed by atoms with E-state index in [0.29, 0.717) is 19.6 Å². The van der Waals surface area contributed by atoms with Gasteiger partial charge in [0.05, 0.1) is 13.0 Å². The third kappa shape index (κ3) is 5.30. The van der Waals surface area contributed by atoms with Crippen LogP contribution in [0.2, 0.25) is 0 Å². The van der Waals surface area contributed by atoms with Gasteiger partial charge in [-0.05, 0) is 6.92 Å². The number of esters is 1. The number of nitrogens with zero attached hydrogens (tertiary/aromatic N) is 1. The first kappa shape index (κ1) is 8.43. The van der Waals surface area contributed by atoms with Gasteiger partial charge in [0, 0.05) is 13.6 Å². The lowest BCUT2D eigenvalue weighted by atomic mass is 10.4. The molecule has 1 radical (unpaired) electrons. The van der Waals surface area contributed by atoms with Crippen molar-refractivity contribution in [1.82, 2.24) is 5.32 Å². The van der Waals surface area contributed by atoms with E-state index >= 15 is 0 Å². The molecule has 53 valence electrons. The largest absolute Gasteiger partial charge is 0.466 e. The highest BCUT2D eigenvalue weighted by molar-refractivity contribution is 5.69. The Bertz CT molecular complexity index is 83.1. The smallest absolute Gasteiger partial charge is 0.307 e. The molecular weight excluding hydrogens is 118 g/mol. The summed E-state index contributed by atoms with van der Waals surface area (Å²) < 4.78 is 4.65. The van der Waals surface area contributed by atoms with E-state index < -0.39 is 0 Å². The summed E-state index contributed by atoms with van der Waals surface area (Å²) in [5.41, 5.74) is 0. The zero-order valence-corrected chi connectivity index (χ0v) is 5.89. The summed E-state index contributed by atoms with van der Waals surface area (Å²) in [6, 6.07) is 0. The van der Waals surface area contributed by atoms with Crippen molar-refractivity contribution in [2.45, 2.75) is 13.3 Å². The molecular formula is C6H12NO2. The average Bonchev–Trinajstić information content (AvgIpc) is 1.85. The van der Waals surface area contributed by atoms with Crippen molar-refractivity contribution < 1.29 is 9.53 Å². The topological polar surface area (TPSA) is 40.4 Å². The molecule has 0 heterocycles. The molecule has 0 atom stereocenters. The van der Waals surface area contributed by atoms with E-state index in [0.717, 1.165) is 0 Å². The molecule has 0 aromatic rings. The van der Waals surface area contributed by atoms with E-state index in [2.05, 4.69) is 10.1 Å². The van der Waals surface area contributed by atoms with Gasteiger partial charge in [-0.15, -0.1) is 0 Å². The standard InChI is InChI=1S/C6H12NO2/c1-3-9-6(8)4-5-7-2/h3-5H2,1-2H3. The van der Waals surface area contributed by atoms with Gasteiger partial charge in [0.1, 0.15) is 0 Å². The van der Waals surface area contributed by atoms with Crippen molar-refractivity contribution >= 4 is 5.97 Å². The van der Waals surface area contributed by atoms with Crippen LogP contribution in [0.15, 0.2) is 0 Å². The Morgan fingerprint density at radius 1 is 1.67 bits per heavy atom. The molecule has 0 aliphatic heterocycles. The van der Waals surface area contributed by atoms with E-state index in [4.69, 9.17) is 0 Å². The second kappa shape index (κ2) is 5.56. The monoisotopic (exact) mass is 130 g/mol. The lowest BCUT2D eigenvalue weighted by Gasteiger charge is -1.98. The van der Waals surface area contributed by atoms with Gasteiger partial charge in [-0.25, -0.2) is 5.32 Å². The third-order valence-electron chi connectivity index (χ3n) is 0.845. The highest BCUT2D eigenvalue weighted by Crippen LogP contribution is 1.82. The Hall–Kier alpha value is -0.570. The Balaban J connectivity index is 3.06. The normalized spacial score (nSPS) is 9.11. The fourth-order valence-electron chi connectivity index (χ4n) is 0.436. The van der Waals surface area contributed by atoms with Gasteiger partial charge in [0.15, 0.2) is 0 Å². The van der Waals surface area contributed by atoms with Gasteiger partial charge < -0.3 is 4.74 Å². The van der Waals surface area contributed by atoms with Gasteiger partial charge >= 0.3 is 5.97 Å². The Morgan fingerprint density at radius 3 is 2.78 bits per heavy atom. The molecule has 0 spiro atoms. The van der Waals surface area contributed by atoms with Crippen molar-refractivity contribution in [3.8, 4) is 0 Å². The number of carbonyl (C=O) groups is 1. The van der Waals surface area contributed by atoms with Crippen LogP contribution in [-0.4, -0.2) is 26.2 Å². The van der Waals surface area contributed by atoms with Gasteiger partial charge in [0.25, 0.3) is 0 Å². The number of hydrogen-bond donors (Lipinski definition) is 0. The van der Waals surface area contributed by atoms with E-state index in [9.17, 15) is 4.79 Å². The van der Waals surface area contributed by atoms with Crippen LogP contribution in [0.25, 0.3) is 0 Å². The Kier molecular flexibility index (Phi) is 5.21. The molecule has 0 amide bonds. The first-order chi connectivity index (χ1) is 4.31. The lowest BCUT2D eigenvalue weighted by molar-refractivity contribution is -0.142. The summed E-state index contributed by atoms with van der Waals surface area (Å²) in [6.45, 7) is 2.82. The van der Waals surface area contributed by atoms with E-state index in [1.807, 2.05) is 0 Å². The van der Waals surface area contributed by atoms with E-state index in [1.54, 1.807) is 14.0 Å². The zero-order chi connectivity index (χ0) is 7.11. The number of hydrogen-bond acceptors (Lipinski definition) is 2. The Labute approximate surface area is 55.4 Å². The van der Waals surface area contributed by atoms with Crippen LogP contribution >= 0.6 is 0 Å². The second-order valence-corrected chi connectivity index (χ2v) is 1.59. The average molecular weight is 130 g/mol. The minimum absolute atomic E-state index is 0.164. The molecule has 0 unspecified atom stereocenters. The van der Waals surface area contributed by atoms with Crippen molar-refractivity contribution in [3.63, 3.8) is 0 Å². The highest BCUT2D eigenvalue weighted by atomic mass is 16.5. The second-order valence-electron chi connectivity index (χ2n) is 1.59. The summed E-state index contributed by atoms with van der Waals surface area (Å²) in [4.78, 5) is 10.5. The van der Waals surface area contributed by atoms with Crippen molar-refractivity contribution in [1.29, 1.82) is 0 Å². The van der Waals surface area contributed by atoms with Crippen LogP contribution in [0, 0.1) is 0 Å². The summed E-state index contributed by atoms with van der Waals surface area (Å²) >= 11 is 0. The van der Waals surface area contributed by atoms with Gasteiger partial charge in [-0.2, -0.15) is 0 Å². The zero-order valence-electron chi connectivity index (χ0n) is 5.89. The van der Waals surface area contributed by atoms with Crippen molar-refractivity contribution in [2.24, 2.45) is 0 Å². The molecule has 0 bridgehead atoms. The predicted molar refractivity (Wildman–Crippen MR) is 34.2 cm³/mol. The van der Waals surface area contributed by atoms with Crippen molar-refractivity contribution in [2.75, 3.05) is 20.2 Å². The van der Waals surface area contributed by atoms with Crippen LogP contribution < -0.4 is 5.32 Å². The summed E-state index contributed by atoms with van der Waals surface area (Å²) in [5.74, 6) is -0.164. The Morgan fingerprint density at radius 2 is 2.33 bits per heavy atom.